The van der Waals surface area contributed by atoms with E-state index in [0.29, 0.717) is 6.04 Å². The largest absolute Gasteiger partial charge is 0.357 e. The zero-order valence-electron chi connectivity index (χ0n) is 14.2. The third kappa shape index (κ3) is 5.70. The van der Waals surface area contributed by atoms with E-state index in [0.717, 1.165) is 44.6 Å². The molecule has 0 aromatic rings. The van der Waals surface area contributed by atoms with Crippen LogP contribution >= 0.6 is 0 Å². The van der Waals surface area contributed by atoms with Crippen LogP contribution in [0.25, 0.3) is 0 Å². The van der Waals surface area contributed by atoms with Crippen LogP contribution in [0.2, 0.25) is 0 Å². The Labute approximate surface area is 125 Å². The average Bonchev–Trinajstić information content (AvgIpc) is 2.46. The summed E-state index contributed by atoms with van der Waals surface area (Å²) in [6.07, 6.45) is 3.78. The maximum atomic E-state index is 4.81. The summed E-state index contributed by atoms with van der Waals surface area (Å²) in [7, 11) is 2.19. The van der Waals surface area contributed by atoms with Gasteiger partial charge in [0.25, 0.3) is 0 Å². The Morgan fingerprint density at radius 1 is 1.35 bits per heavy atom. The number of hydrogen-bond donors (Lipinski definition) is 1. The molecule has 4 heteroatoms. The van der Waals surface area contributed by atoms with Crippen molar-refractivity contribution in [3.63, 3.8) is 0 Å². The average molecular weight is 282 g/mol. The Morgan fingerprint density at radius 2 is 2.00 bits per heavy atom. The van der Waals surface area contributed by atoms with Crippen LogP contribution < -0.4 is 5.32 Å². The zero-order chi connectivity index (χ0) is 15.0. The molecule has 20 heavy (non-hydrogen) atoms. The Hall–Kier alpha value is -0.770. The lowest BCUT2D eigenvalue weighted by Gasteiger charge is -2.33. The lowest BCUT2D eigenvalue weighted by Crippen LogP contribution is -2.45. The molecule has 0 aromatic carbocycles. The predicted octanol–water partition coefficient (Wildman–Crippen LogP) is 2.41. The second kappa shape index (κ2) is 9.22. The van der Waals surface area contributed by atoms with Gasteiger partial charge >= 0.3 is 0 Å². The summed E-state index contributed by atoms with van der Waals surface area (Å²) in [6.45, 7) is 14.2. The van der Waals surface area contributed by atoms with Crippen LogP contribution in [0.15, 0.2) is 4.99 Å². The van der Waals surface area contributed by atoms with Crippen LogP contribution in [-0.4, -0.2) is 61.6 Å². The quantitative estimate of drug-likeness (QED) is 0.599. The number of guanidine groups is 1. The molecule has 1 rings (SSSR count). The van der Waals surface area contributed by atoms with Gasteiger partial charge in [-0.25, -0.2) is 0 Å². The molecule has 1 heterocycles. The fraction of sp³-hybridized carbons (Fsp3) is 0.938. The summed E-state index contributed by atoms with van der Waals surface area (Å²) in [5.41, 5.74) is 0. The second-order valence-electron chi connectivity index (χ2n) is 6.14. The Morgan fingerprint density at radius 3 is 2.55 bits per heavy atom. The first-order chi connectivity index (χ1) is 9.58. The van der Waals surface area contributed by atoms with E-state index in [4.69, 9.17) is 4.99 Å². The molecular formula is C16H34N4. The monoisotopic (exact) mass is 282 g/mol. The van der Waals surface area contributed by atoms with Gasteiger partial charge in [0, 0.05) is 32.2 Å². The molecule has 0 amide bonds. The maximum Gasteiger partial charge on any atom is 0.193 e. The maximum absolute atomic E-state index is 4.81. The molecule has 1 aliphatic heterocycles. The number of likely N-dealkylation sites (tertiary alicyclic amines) is 1. The molecule has 0 aromatic heterocycles. The van der Waals surface area contributed by atoms with Gasteiger partial charge in [-0.05, 0) is 46.1 Å². The van der Waals surface area contributed by atoms with Crippen LogP contribution in [0.5, 0.6) is 0 Å². The minimum absolute atomic E-state index is 0.642. The van der Waals surface area contributed by atoms with Crippen molar-refractivity contribution in [3.8, 4) is 0 Å². The lowest BCUT2D eigenvalue weighted by molar-refractivity contribution is 0.256. The van der Waals surface area contributed by atoms with Gasteiger partial charge in [0.15, 0.2) is 5.96 Å². The molecule has 118 valence electrons. The van der Waals surface area contributed by atoms with Gasteiger partial charge in [0.05, 0.1) is 6.54 Å². The number of hydrogen-bond acceptors (Lipinski definition) is 2. The molecule has 0 saturated carbocycles. The molecule has 1 fully saturated rings. The minimum Gasteiger partial charge on any atom is -0.357 e. The number of rotatable bonds is 6. The van der Waals surface area contributed by atoms with Crippen molar-refractivity contribution in [2.75, 3.05) is 39.8 Å². The van der Waals surface area contributed by atoms with Crippen LogP contribution in [0, 0.1) is 5.92 Å². The number of nitrogens with zero attached hydrogens (tertiary/aromatic N) is 3. The Bertz CT molecular complexity index is 282. The van der Waals surface area contributed by atoms with Gasteiger partial charge in [0.2, 0.25) is 0 Å². The van der Waals surface area contributed by atoms with Crippen molar-refractivity contribution in [1.82, 2.24) is 15.1 Å². The minimum atomic E-state index is 0.642. The topological polar surface area (TPSA) is 30.9 Å². The molecule has 1 aliphatic rings. The summed E-state index contributed by atoms with van der Waals surface area (Å²) in [5.74, 6) is 1.97. The summed E-state index contributed by atoms with van der Waals surface area (Å²) in [5, 5.41) is 3.44. The normalized spacial score (nSPS) is 19.5. The fourth-order valence-electron chi connectivity index (χ4n) is 2.49. The van der Waals surface area contributed by atoms with Crippen molar-refractivity contribution in [3.05, 3.63) is 0 Å². The number of aliphatic imine (C=N–C) groups is 1. The highest BCUT2D eigenvalue weighted by Crippen LogP contribution is 2.15. The lowest BCUT2D eigenvalue weighted by atomic mass is 10.00. The highest BCUT2D eigenvalue weighted by atomic mass is 15.3. The first-order valence-electron chi connectivity index (χ1n) is 8.31. The summed E-state index contributed by atoms with van der Waals surface area (Å²) >= 11 is 0. The number of likely N-dealkylation sites (N-methyl/N-ethyl adjacent to an activating group) is 1. The first-order valence-corrected chi connectivity index (χ1v) is 8.31. The van der Waals surface area contributed by atoms with Gasteiger partial charge < -0.3 is 15.1 Å². The zero-order valence-corrected chi connectivity index (χ0v) is 14.2. The van der Waals surface area contributed by atoms with Crippen molar-refractivity contribution < 1.29 is 0 Å². The SMILES string of the molecule is CCNC(=NCCN(C)C(C)CC)N1CCC(C)CC1. The van der Waals surface area contributed by atoms with Crippen LogP contribution in [0.3, 0.4) is 0 Å². The molecule has 1 saturated heterocycles. The number of nitrogens with one attached hydrogen (secondary N) is 1. The van der Waals surface area contributed by atoms with Gasteiger partial charge in [-0.1, -0.05) is 13.8 Å². The second-order valence-corrected chi connectivity index (χ2v) is 6.14. The van der Waals surface area contributed by atoms with E-state index in [2.05, 4.69) is 49.9 Å². The third-order valence-corrected chi connectivity index (χ3v) is 4.48. The van der Waals surface area contributed by atoms with E-state index < -0.39 is 0 Å². The van der Waals surface area contributed by atoms with Gasteiger partial charge in [0.1, 0.15) is 0 Å². The molecule has 0 aliphatic carbocycles. The van der Waals surface area contributed by atoms with Gasteiger partial charge in [-0.3, -0.25) is 4.99 Å². The summed E-state index contributed by atoms with van der Waals surface area (Å²) in [6, 6.07) is 0.642. The van der Waals surface area contributed by atoms with Gasteiger partial charge in [-0.15, -0.1) is 0 Å². The van der Waals surface area contributed by atoms with Crippen LogP contribution in [0.1, 0.15) is 47.0 Å². The predicted molar refractivity (Wildman–Crippen MR) is 88.3 cm³/mol. The van der Waals surface area contributed by atoms with E-state index in [1.54, 1.807) is 0 Å². The highest BCUT2D eigenvalue weighted by Gasteiger charge is 2.18. The van der Waals surface area contributed by atoms with Crippen molar-refractivity contribution >= 4 is 5.96 Å². The Balaban J connectivity index is 2.46. The number of piperidine rings is 1. The highest BCUT2D eigenvalue weighted by molar-refractivity contribution is 5.80. The van der Waals surface area contributed by atoms with Crippen LogP contribution in [0.4, 0.5) is 0 Å². The standard InChI is InChI=1S/C16H34N4/c1-6-15(4)19(5)13-10-18-16(17-7-2)20-11-8-14(3)9-12-20/h14-15H,6-13H2,1-5H3,(H,17,18). The van der Waals surface area contributed by atoms with Gasteiger partial charge in [-0.2, -0.15) is 0 Å². The third-order valence-electron chi connectivity index (χ3n) is 4.48. The van der Waals surface area contributed by atoms with E-state index in [9.17, 15) is 0 Å². The molecule has 4 nitrogen and oxygen atoms in total. The summed E-state index contributed by atoms with van der Waals surface area (Å²) in [4.78, 5) is 9.63. The van der Waals surface area contributed by atoms with Crippen molar-refractivity contribution in [1.29, 1.82) is 0 Å². The molecule has 1 N–H and O–H groups in total. The molecule has 0 radical (unpaired) electrons. The fourth-order valence-corrected chi connectivity index (χ4v) is 2.49. The molecule has 1 atom stereocenters. The van der Waals surface area contributed by atoms with E-state index in [-0.39, 0.29) is 0 Å². The van der Waals surface area contributed by atoms with Crippen molar-refractivity contribution in [2.24, 2.45) is 10.9 Å². The Kier molecular flexibility index (Phi) is 7.97. The molecular weight excluding hydrogens is 248 g/mol. The summed E-state index contributed by atoms with van der Waals surface area (Å²) < 4.78 is 0. The molecule has 0 spiro atoms. The van der Waals surface area contributed by atoms with E-state index in [1.165, 1.54) is 19.3 Å². The van der Waals surface area contributed by atoms with Crippen LogP contribution in [-0.2, 0) is 0 Å². The molecule has 0 bridgehead atoms. The van der Waals surface area contributed by atoms with Crippen molar-refractivity contribution in [2.45, 2.75) is 53.0 Å². The first kappa shape index (κ1) is 17.3. The molecule has 1 unspecified atom stereocenters. The smallest absolute Gasteiger partial charge is 0.193 e. The van der Waals surface area contributed by atoms with E-state index >= 15 is 0 Å². The van der Waals surface area contributed by atoms with E-state index in [1.807, 2.05) is 0 Å².